The third-order valence-corrected chi connectivity index (χ3v) is 2.47. The van der Waals surface area contributed by atoms with Gasteiger partial charge in [0.25, 0.3) is 0 Å². The van der Waals surface area contributed by atoms with Crippen molar-refractivity contribution in [1.29, 1.82) is 0 Å². The van der Waals surface area contributed by atoms with Crippen molar-refractivity contribution in [2.24, 2.45) is 5.73 Å². The normalized spacial score (nSPS) is 12.8. The fourth-order valence-electron chi connectivity index (χ4n) is 1.40. The maximum Gasteiger partial charge on any atom is 0.326 e. The Morgan fingerprint density at radius 3 is 2.28 bits per heavy atom. The summed E-state index contributed by atoms with van der Waals surface area (Å²) in [6, 6.07) is -1.11. The van der Waals surface area contributed by atoms with Crippen LogP contribution in [-0.2, 0) is 14.4 Å². The van der Waals surface area contributed by atoms with Crippen molar-refractivity contribution >= 4 is 17.8 Å². The molecule has 0 aromatic rings. The highest BCUT2D eigenvalue weighted by Gasteiger charge is 2.30. The van der Waals surface area contributed by atoms with Crippen LogP contribution in [0.2, 0.25) is 0 Å². The van der Waals surface area contributed by atoms with Gasteiger partial charge < -0.3 is 21.5 Å². The van der Waals surface area contributed by atoms with E-state index in [0.29, 0.717) is 6.54 Å². The summed E-state index contributed by atoms with van der Waals surface area (Å²) in [4.78, 5) is 33.4. The molecule has 18 heavy (non-hydrogen) atoms. The van der Waals surface area contributed by atoms with Crippen molar-refractivity contribution in [3.05, 3.63) is 0 Å². The van der Waals surface area contributed by atoms with Crippen molar-refractivity contribution in [2.75, 3.05) is 6.54 Å². The molecule has 7 heteroatoms. The monoisotopic (exact) mass is 259 g/mol. The molecule has 5 N–H and O–H groups in total. The van der Waals surface area contributed by atoms with Crippen LogP contribution in [0.5, 0.6) is 0 Å². The highest BCUT2D eigenvalue weighted by atomic mass is 16.4. The summed E-state index contributed by atoms with van der Waals surface area (Å²) in [6.45, 7) is 5.73. The molecule has 0 spiro atoms. The first-order chi connectivity index (χ1) is 8.20. The number of likely N-dealkylation sites (N-methyl/N-ethyl adjacent to an activating group) is 1. The smallest absolute Gasteiger partial charge is 0.326 e. The largest absolute Gasteiger partial charge is 0.480 e. The lowest BCUT2D eigenvalue weighted by Crippen LogP contribution is -2.56. The molecule has 0 saturated carbocycles. The van der Waals surface area contributed by atoms with Gasteiger partial charge in [-0.15, -0.1) is 0 Å². The van der Waals surface area contributed by atoms with Crippen LogP contribution in [-0.4, -0.2) is 41.0 Å². The number of hydrogen-bond donors (Lipinski definition) is 4. The van der Waals surface area contributed by atoms with Gasteiger partial charge in [0.1, 0.15) is 6.04 Å². The van der Waals surface area contributed by atoms with Crippen LogP contribution in [0.3, 0.4) is 0 Å². The number of hydrogen-bond acceptors (Lipinski definition) is 4. The van der Waals surface area contributed by atoms with Crippen LogP contribution in [0.4, 0.5) is 0 Å². The zero-order chi connectivity index (χ0) is 14.3. The lowest BCUT2D eigenvalue weighted by molar-refractivity contribution is -0.143. The molecule has 0 aliphatic heterocycles. The Kier molecular flexibility index (Phi) is 6.32. The van der Waals surface area contributed by atoms with Crippen molar-refractivity contribution in [3.8, 4) is 0 Å². The molecule has 0 saturated heterocycles. The highest BCUT2D eigenvalue weighted by Crippen LogP contribution is 2.05. The van der Waals surface area contributed by atoms with Gasteiger partial charge in [-0.1, -0.05) is 6.92 Å². The van der Waals surface area contributed by atoms with Gasteiger partial charge in [0, 0.05) is 6.42 Å². The molecule has 0 unspecified atom stereocenters. The Hall–Kier alpha value is -1.63. The van der Waals surface area contributed by atoms with Crippen molar-refractivity contribution in [3.63, 3.8) is 0 Å². The maximum atomic E-state index is 11.9. The van der Waals surface area contributed by atoms with Gasteiger partial charge in [-0.3, -0.25) is 9.59 Å². The van der Waals surface area contributed by atoms with Crippen molar-refractivity contribution in [1.82, 2.24) is 10.6 Å². The quantitative estimate of drug-likeness (QED) is 0.455. The minimum absolute atomic E-state index is 0.0153. The van der Waals surface area contributed by atoms with Crippen LogP contribution in [0.15, 0.2) is 0 Å². The van der Waals surface area contributed by atoms with E-state index < -0.39 is 29.4 Å². The molecule has 0 aromatic carbocycles. The number of amides is 2. The number of carbonyl (C=O) groups excluding carboxylic acids is 2. The van der Waals surface area contributed by atoms with E-state index >= 15 is 0 Å². The van der Waals surface area contributed by atoms with Gasteiger partial charge >= 0.3 is 5.97 Å². The van der Waals surface area contributed by atoms with Crippen LogP contribution in [0.25, 0.3) is 0 Å². The van der Waals surface area contributed by atoms with E-state index in [1.54, 1.807) is 13.8 Å². The van der Waals surface area contributed by atoms with Crippen molar-refractivity contribution < 1.29 is 19.5 Å². The zero-order valence-corrected chi connectivity index (χ0v) is 10.9. The number of carboxylic acids is 1. The first-order valence-electron chi connectivity index (χ1n) is 5.77. The van der Waals surface area contributed by atoms with E-state index in [4.69, 9.17) is 10.8 Å². The second kappa shape index (κ2) is 6.95. The van der Waals surface area contributed by atoms with Gasteiger partial charge in [-0.25, -0.2) is 4.79 Å². The first kappa shape index (κ1) is 16.4. The average Bonchev–Trinajstić information content (AvgIpc) is 2.22. The fourth-order valence-corrected chi connectivity index (χ4v) is 1.40. The SMILES string of the molecule is CCNC(C)(C)C(=O)N[C@H](CCC(N)=O)C(=O)O. The summed E-state index contributed by atoms with van der Waals surface area (Å²) in [6.07, 6.45) is -0.0997. The molecule has 2 amide bonds. The van der Waals surface area contributed by atoms with E-state index in [2.05, 4.69) is 10.6 Å². The fraction of sp³-hybridized carbons (Fsp3) is 0.727. The Bertz CT molecular complexity index is 328. The summed E-state index contributed by atoms with van der Waals surface area (Å²) in [5, 5.41) is 14.3. The van der Waals surface area contributed by atoms with Gasteiger partial charge in [0.15, 0.2) is 0 Å². The van der Waals surface area contributed by atoms with E-state index in [0.717, 1.165) is 0 Å². The molecule has 7 nitrogen and oxygen atoms in total. The van der Waals surface area contributed by atoms with Crippen molar-refractivity contribution in [2.45, 2.75) is 45.2 Å². The molecule has 0 bridgehead atoms. The molecule has 0 aromatic heterocycles. The number of primary amides is 1. The van der Waals surface area contributed by atoms with Crippen LogP contribution in [0.1, 0.15) is 33.6 Å². The summed E-state index contributed by atoms with van der Waals surface area (Å²) in [5.41, 5.74) is 4.08. The maximum absolute atomic E-state index is 11.9. The minimum atomic E-state index is -1.18. The Morgan fingerprint density at radius 1 is 1.33 bits per heavy atom. The standard InChI is InChI=1S/C11H21N3O4/c1-4-13-11(2,3)10(18)14-7(9(16)17)5-6-8(12)15/h7,13H,4-6H2,1-3H3,(H2,12,15)(H,14,18)(H,16,17)/t7-/m1/s1. The Morgan fingerprint density at radius 2 is 1.89 bits per heavy atom. The van der Waals surface area contributed by atoms with Crippen LogP contribution < -0.4 is 16.4 Å². The molecule has 0 aliphatic carbocycles. The lowest BCUT2D eigenvalue weighted by atomic mass is 10.0. The first-order valence-corrected chi connectivity index (χ1v) is 5.77. The predicted molar refractivity (Wildman–Crippen MR) is 65.8 cm³/mol. The number of rotatable bonds is 8. The average molecular weight is 259 g/mol. The van der Waals surface area contributed by atoms with E-state index in [1.807, 2.05) is 6.92 Å². The second-order valence-corrected chi connectivity index (χ2v) is 4.52. The molecule has 0 aliphatic rings. The van der Waals surface area contributed by atoms with Crippen LogP contribution >= 0.6 is 0 Å². The van der Waals surface area contributed by atoms with Crippen LogP contribution in [0, 0.1) is 0 Å². The zero-order valence-electron chi connectivity index (χ0n) is 10.9. The summed E-state index contributed by atoms with van der Waals surface area (Å²) in [7, 11) is 0. The number of nitrogens with one attached hydrogen (secondary N) is 2. The lowest BCUT2D eigenvalue weighted by Gasteiger charge is -2.26. The molecular formula is C11H21N3O4. The molecule has 0 radical (unpaired) electrons. The van der Waals surface area contributed by atoms with Gasteiger partial charge in [-0.05, 0) is 26.8 Å². The molecule has 0 heterocycles. The highest BCUT2D eigenvalue weighted by molar-refractivity contribution is 5.89. The van der Waals surface area contributed by atoms with E-state index in [-0.39, 0.29) is 12.8 Å². The molecule has 1 atom stereocenters. The number of nitrogens with two attached hydrogens (primary N) is 1. The topological polar surface area (TPSA) is 122 Å². The third kappa shape index (κ3) is 5.62. The number of aliphatic carboxylic acids is 1. The van der Waals surface area contributed by atoms with E-state index in [1.165, 1.54) is 0 Å². The summed E-state index contributed by atoms with van der Waals surface area (Å²) in [5.74, 6) is -2.21. The number of carboxylic acid groups (broad SMARTS) is 1. The second-order valence-electron chi connectivity index (χ2n) is 4.52. The summed E-state index contributed by atoms with van der Waals surface area (Å²) >= 11 is 0. The minimum Gasteiger partial charge on any atom is -0.480 e. The molecule has 0 fully saturated rings. The molecule has 0 rings (SSSR count). The molecule has 104 valence electrons. The Labute approximate surface area is 106 Å². The molecular weight excluding hydrogens is 238 g/mol. The van der Waals surface area contributed by atoms with Gasteiger partial charge in [-0.2, -0.15) is 0 Å². The van der Waals surface area contributed by atoms with Gasteiger partial charge in [0.2, 0.25) is 11.8 Å². The van der Waals surface area contributed by atoms with E-state index in [9.17, 15) is 14.4 Å². The summed E-state index contributed by atoms with van der Waals surface area (Å²) < 4.78 is 0. The number of carbonyl (C=O) groups is 3. The predicted octanol–water partition coefficient (Wildman–Crippen LogP) is -0.791. The third-order valence-electron chi connectivity index (χ3n) is 2.47. The van der Waals surface area contributed by atoms with Gasteiger partial charge in [0.05, 0.1) is 5.54 Å². The Balaban J connectivity index is 4.54.